The molecule has 41 heteroatoms. The van der Waals surface area contributed by atoms with Crippen molar-refractivity contribution in [1.29, 1.82) is 0 Å². The minimum Gasteiger partial charge on any atom is -0.383 e. The van der Waals surface area contributed by atoms with Gasteiger partial charge in [-0.25, -0.2) is 42.2 Å². The van der Waals surface area contributed by atoms with Crippen molar-refractivity contribution < 1.29 is 112 Å². The van der Waals surface area contributed by atoms with Gasteiger partial charge < -0.3 is 74.1 Å². The van der Waals surface area contributed by atoms with Crippen LogP contribution in [0.15, 0.2) is 28.3 Å². The molecule has 0 radical (unpaired) electrons. The first-order valence-corrected chi connectivity index (χ1v) is 30.5. The van der Waals surface area contributed by atoms with Crippen LogP contribution in [-0.2, 0) is 72.6 Å². The van der Waals surface area contributed by atoms with Crippen molar-refractivity contribution in [2.24, 2.45) is 5.73 Å². The number of hydrogen-bond acceptors (Lipinski definition) is 24. The van der Waals surface area contributed by atoms with Gasteiger partial charge in [-0.05, 0) is 0 Å². The first-order chi connectivity index (χ1) is 32.5. The van der Waals surface area contributed by atoms with Crippen molar-refractivity contribution in [1.82, 2.24) is 24.1 Å². The maximum Gasteiger partial charge on any atom is 0.490 e. The molecule has 5 heterocycles. The average Bonchev–Trinajstić information content (AvgIpc) is 3.92. The topological polar surface area (TPSA) is 494 Å². The highest BCUT2D eigenvalue weighted by Crippen LogP contribution is 2.67. The predicted molar refractivity (Wildman–Crippen MR) is 238 cm³/mol. The van der Waals surface area contributed by atoms with Gasteiger partial charge in [-0.3, -0.25) is 23.4 Å². The number of nitrogen functional groups attached to an aromatic ring is 1. The molecule has 0 bridgehead atoms. The first-order valence-electron chi connectivity index (χ1n) is 19.0. The summed E-state index contributed by atoms with van der Waals surface area (Å²) in [6.45, 7) is -0.191. The van der Waals surface area contributed by atoms with Gasteiger partial charge in [0, 0.05) is 31.7 Å². The third-order valence-corrected chi connectivity index (χ3v) is 18.0. The molecule has 0 spiro atoms. The Morgan fingerprint density at radius 3 is 1.70 bits per heavy atom. The second-order valence-electron chi connectivity index (χ2n) is 13.7. The molecule has 33 nitrogen and oxygen atoms in total. The van der Waals surface area contributed by atoms with Crippen LogP contribution in [0.3, 0.4) is 0 Å². The smallest absolute Gasteiger partial charge is 0.383 e. The van der Waals surface area contributed by atoms with E-state index >= 15 is 0 Å². The van der Waals surface area contributed by atoms with E-state index < -0.39 is 108 Å². The highest BCUT2D eigenvalue weighted by atomic mass is 33.1. The zero-order valence-electron chi connectivity index (χ0n) is 35.2. The summed E-state index contributed by atoms with van der Waals surface area (Å²) >= 11 is 0. The lowest BCUT2D eigenvalue weighted by molar-refractivity contribution is -0.0544. The molecule has 0 aliphatic carbocycles. The van der Waals surface area contributed by atoms with E-state index in [2.05, 4.69) is 55.9 Å². The number of rotatable bonds is 23. The Morgan fingerprint density at radius 2 is 1.21 bits per heavy atom. The molecule has 2 aliphatic rings. The third kappa shape index (κ3) is 17.6. The molecule has 70 heavy (non-hydrogen) atoms. The largest absolute Gasteiger partial charge is 0.490 e. The van der Waals surface area contributed by atoms with Gasteiger partial charge in [0.15, 0.2) is 0 Å². The standard InChI is InChI=1S/C29H41N7O26P6S2/c1-2-3-5-18-11-36(29(38)34-28(18)37)24-9-20(22(58-24)13-56-66(47,48)62-68(51,52)60-64(42,43)44)54-16-70-69-15-53-19-8-23(35-10-17(6-4-7-30)25-26(31)32-14-33-27(25)35)57-21(19)12-55-65(45,46)61-67(49,50)59-63(39,40)41/h10-11,14,19-24H,2,7-9,12-13,15-16,30H2,1H3,(H,45,46)(H,47,48)(H,49,50)(H,51,52)(H2,31,32,33)(H,34,37,38)(H2,39,40,41)(H2,42,43,44)/t19-,20-,21-,22-,23-,24-/m1/s1. The number of phosphoric acid groups is 6. The van der Waals surface area contributed by atoms with Crippen molar-refractivity contribution in [3.63, 3.8) is 0 Å². The van der Waals surface area contributed by atoms with E-state index in [9.17, 15) is 56.6 Å². The number of fused-ring (bicyclic) bond motifs is 1. The van der Waals surface area contributed by atoms with Gasteiger partial charge in [0.2, 0.25) is 0 Å². The fraction of sp³-hybridized carbons (Fsp3) is 0.517. The van der Waals surface area contributed by atoms with Crippen LogP contribution in [0.2, 0.25) is 0 Å². The number of aromatic nitrogens is 5. The van der Waals surface area contributed by atoms with E-state index in [-0.39, 0.29) is 48.3 Å². The molecule has 2 aliphatic heterocycles. The predicted octanol–water partition coefficient (Wildman–Crippen LogP) is 0.964. The molecular formula is C29H41N7O26P6S2. The zero-order chi connectivity index (χ0) is 51.9. The number of nitrogens with two attached hydrogens (primary N) is 2. The quantitative estimate of drug-likeness (QED) is 0.0207. The molecule has 10 atom stereocenters. The van der Waals surface area contributed by atoms with Crippen LogP contribution < -0.4 is 22.7 Å². The number of ether oxygens (including phenoxy) is 4. The fourth-order valence-electron chi connectivity index (χ4n) is 6.17. The van der Waals surface area contributed by atoms with Gasteiger partial charge in [0.05, 0.1) is 42.9 Å². The van der Waals surface area contributed by atoms with Crippen molar-refractivity contribution in [2.75, 3.05) is 37.4 Å². The Balaban J connectivity index is 1.28. The normalized spacial score (nSPS) is 24.1. The summed E-state index contributed by atoms with van der Waals surface area (Å²) in [6, 6.07) is 0. The van der Waals surface area contributed by atoms with Gasteiger partial charge in [0.1, 0.15) is 59.9 Å². The van der Waals surface area contributed by atoms with Gasteiger partial charge >= 0.3 is 52.6 Å². The van der Waals surface area contributed by atoms with Crippen LogP contribution in [0.1, 0.15) is 49.8 Å². The van der Waals surface area contributed by atoms with E-state index in [1.807, 2.05) is 0 Å². The van der Waals surface area contributed by atoms with Gasteiger partial charge in [-0.2, -0.15) is 17.2 Å². The molecule has 4 unspecified atom stereocenters. The Labute approximate surface area is 400 Å². The van der Waals surface area contributed by atoms with E-state index in [1.165, 1.54) is 17.1 Å². The SMILES string of the molecule is CCC#Cc1cn([C@H]2C[C@@H](OCSSCO[C@@H]3C[C@H](n4cc(C#CCN)c5c(N)ncnc54)O[C@@H]3COP(=O)(O)OP(=O)(O)OP(=O)(O)O)[C@@H](COP(=O)(O)OP(=O)(O)OP(=O)(O)O)O2)c(=O)[nH]c1=O. The molecule has 0 saturated carbocycles. The summed E-state index contributed by atoms with van der Waals surface area (Å²) in [5, 5.41) is 0.334. The van der Waals surface area contributed by atoms with Gasteiger partial charge in [0.25, 0.3) is 5.56 Å². The van der Waals surface area contributed by atoms with Crippen molar-refractivity contribution in [3.8, 4) is 23.7 Å². The summed E-state index contributed by atoms with van der Waals surface area (Å²) < 4.78 is 122. The molecule has 2 saturated heterocycles. The van der Waals surface area contributed by atoms with Crippen LogP contribution in [0, 0.1) is 23.7 Å². The minimum absolute atomic E-state index is 0.0156. The lowest BCUT2D eigenvalue weighted by atomic mass is 10.2. The number of H-pyrrole nitrogens is 1. The Morgan fingerprint density at radius 1 is 0.729 bits per heavy atom. The summed E-state index contributed by atoms with van der Waals surface area (Å²) in [4.78, 5) is 110. The molecule has 3 aromatic heterocycles. The number of hydrogen-bond donors (Lipinski definition) is 11. The monoisotopic (exact) mass is 1150 g/mol. The first kappa shape index (κ1) is 58.4. The van der Waals surface area contributed by atoms with Crippen LogP contribution in [-0.4, -0.2) is 119 Å². The third-order valence-electron chi connectivity index (χ3n) is 8.69. The summed E-state index contributed by atoms with van der Waals surface area (Å²) in [6.07, 6.45) is -3.21. The number of nitrogens with one attached hydrogen (secondary N) is 1. The molecule has 13 N–H and O–H groups in total. The van der Waals surface area contributed by atoms with Crippen LogP contribution in [0.25, 0.3) is 11.0 Å². The van der Waals surface area contributed by atoms with Crippen molar-refractivity contribution in [3.05, 3.63) is 50.7 Å². The molecule has 390 valence electrons. The maximum absolute atomic E-state index is 12.8. The summed E-state index contributed by atoms with van der Waals surface area (Å²) in [5.41, 5.74) is 10.4. The number of aromatic amines is 1. The zero-order valence-corrected chi connectivity index (χ0v) is 42.2. The fourth-order valence-corrected chi connectivity index (χ4v) is 13.6. The Hall–Kier alpha value is -2.46. The summed E-state index contributed by atoms with van der Waals surface area (Å²) in [7, 11) is -32.4. The highest BCUT2D eigenvalue weighted by molar-refractivity contribution is 8.76. The second-order valence-corrected chi connectivity index (χ2v) is 24.9. The molecule has 0 amide bonds. The molecular weight excluding hydrogens is 1110 g/mol. The van der Waals surface area contributed by atoms with Gasteiger partial charge in [-0.15, -0.1) is 0 Å². The van der Waals surface area contributed by atoms with E-state index in [4.69, 9.17) is 59.0 Å². The van der Waals surface area contributed by atoms with Crippen molar-refractivity contribution in [2.45, 2.75) is 63.1 Å². The molecule has 0 aromatic carbocycles. The maximum atomic E-state index is 12.8. The van der Waals surface area contributed by atoms with E-state index in [0.717, 1.165) is 32.4 Å². The molecule has 3 aromatic rings. The summed E-state index contributed by atoms with van der Waals surface area (Å²) in [5.74, 6) is 10.4. The van der Waals surface area contributed by atoms with Crippen LogP contribution >= 0.6 is 68.5 Å². The van der Waals surface area contributed by atoms with E-state index in [1.54, 1.807) is 6.92 Å². The lowest BCUT2D eigenvalue weighted by Gasteiger charge is -2.21. The molecule has 2 fully saturated rings. The van der Waals surface area contributed by atoms with Crippen LogP contribution in [0.4, 0.5) is 5.82 Å². The number of anilines is 1. The Kier molecular flexibility index (Phi) is 20.3. The van der Waals surface area contributed by atoms with E-state index in [0.29, 0.717) is 17.4 Å². The number of nitrogens with zero attached hydrogens (tertiary/aromatic N) is 4. The van der Waals surface area contributed by atoms with Gasteiger partial charge in [-0.1, -0.05) is 52.2 Å². The molecule has 5 rings (SSSR count). The average molecular weight is 1150 g/mol. The van der Waals surface area contributed by atoms with Crippen LogP contribution in [0.5, 0.6) is 0 Å². The minimum atomic E-state index is -5.89. The highest BCUT2D eigenvalue weighted by Gasteiger charge is 2.46. The van der Waals surface area contributed by atoms with Crippen molar-refractivity contribution >= 4 is 85.4 Å². The second kappa shape index (κ2) is 24.3. The number of phosphoric ester groups is 2. The Bertz CT molecular complexity index is 2930. The lowest BCUT2D eigenvalue weighted by Crippen LogP contribution is -2.33.